The number of para-hydroxylation sites is 2. The molecule has 4 rings (SSSR count). The Hall–Kier alpha value is -2.86. The maximum atomic E-state index is 12.6. The molecule has 30 heavy (non-hydrogen) atoms. The fourth-order valence-corrected chi connectivity index (χ4v) is 4.30. The van der Waals surface area contributed by atoms with Crippen LogP contribution in [0.2, 0.25) is 0 Å². The van der Waals surface area contributed by atoms with Gasteiger partial charge in [-0.3, -0.25) is 14.5 Å². The van der Waals surface area contributed by atoms with Gasteiger partial charge in [-0.2, -0.15) is 0 Å². The predicted molar refractivity (Wildman–Crippen MR) is 116 cm³/mol. The normalized spacial score (nSPS) is 22.3. The van der Waals surface area contributed by atoms with E-state index in [1.54, 1.807) is 11.8 Å². The first-order valence-corrected chi connectivity index (χ1v) is 10.7. The lowest BCUT2D eigenvalue weighted by Crippen LogP contribution is -2.46. The average molecular weight is 408 g/mol. The number of carbonyl (C=O) groups excluding carboxylic acids is 2. The first-order valence-electron chi connectivity index (χ1n) is 10.7. The van der Waals surface area contributed by atoms with Crippen LogP contribution in [0.25, 0.3) is 0 Å². The molecule has 0 bridgehead atoms. The number of nitrogens with zero attached hydrogens (tertiary/aromatic N) is 2. The van der Waals surface area contributed by atoms with Crippen molar-refractivity contribution in [2.45, 2.75) is 44.9 Å². The molecule has 2 amide bonds. The molecule has 6 nitrogen and oxygen atoms in total. The highest BCUT2D eigenvalue weighted by Crippen LogP contribution is 2.33. The van der Waals surface area contributed by atoms with Crippen LogP contribution in [-0.4, -0.2) is 48.5 Å². The molecule has 2 aromatic carbocycles. The summed E-state index contributed by atoms with van der Waals surface area (Å²) < 4.78 is 5.66. The number of carbonyl (C=O) groups is 2. The smallest absolute Gasteiger partial charge is 0.267 e. The number of amides is 2. The van der Waals surface area contributed by atoms with Crippen molar-refractivity contribution in [1.29, 1.82) is 0 Å². The third-order valence-electron chi connectivity index (χ3n) is 6.05. The number of anilines is 1. The Morgan fingerprint density at radius 2 is 1.90 bits per heavy atom. The van der Waals surface area contributed by atoms with E-state index < -0.39 is 6.10 Å². The molecule has 3 atom stereocenters. The Morgan fingerprint density at radius 3 is 2.70 bits per heavy atom. The number of fused-ring (bicyclic) bond motifs is 1. The van der Waals surface area contributed by atoms with Crippen LogP contribution in [0.15, 0.2) is 54.6 Å². The van der Waals surface area contributed by atoms with Gasteiger partial charge in [0.2, 0.25) is 5.91 Å². The molecule has 158 valence electrons. The van der Waals surface area contributed by atoms with Crippen molar-refractivity contribution in [2.75, 3.05) is 24.5 Å². The molecular formula is C24H29N3O3. The summed E-state index contributed by atoms with van der Waals surface area (Å²) in [4.78, 5) is 29.2. The van der Waals surface area contributed by atoms with Crippen LogP contribution in [0.1, 0.15) is 38.3 Å². The summed E-state index contributed by atoms with van der Waals surface area (Å²) in [7, 11) is 0. The summed E-state index contributed by atoms with van der Waals surface area (Å²) >= 11 is 0. The molecule has 1 N–H and O–H groups in total. The summed E-state index contributed by atoms with van der Waals surface area (Å²) in [6.45, 7) is 6.12. The van der Waals surface area contributed by atoms with Gasteiger partial charge in [-0.15, -0.1) is 0 Å². The topological polar surface area (TPSA) is 61.9 Å². The van der Waals surface area contributed by atoms with Crippen molar-refractivity contribution in [3.8, 4) is 5.75 Å². The second kappa shape index (κ2) is 8.88. The van der Waals surface area contributed by atoms with E-state index in [0.29, 0.717) is 18.3 Å². The Morgan fingerprint density at radius 1 is 1.17 bits per heavy atom. The molecule has 2 aliphatic heterocycles. The number of hydrogen-bond acceptors (Lipinski definition) is 4. The van der Waals surface area contributed by atoms with Crippen LogP contribution in [0.5, 0.6) is 5.75 Å². The fourth-order valence-electron chi connectivity index (χ4n) is 4.30. The van der Waals surface area contributed by atoms with Crippen molar-refractivity contribution >= 4 is 17.5 Å². The standard InChI is InChI=1S/C24H29N3O3/c1-17(19-8-4-3-5-9-19)26-14-12-20(16-26)25-23(28)13-15-27-21-10-6-7-11-22(21)30-18(2)24(27)29/h3-11,17-18,20H,12-16H2,1-2H3,(H,25,28). The zero-order chi connectivity index (χ0) is 21.1. The Bertz CT molecular complexity index is 902. The first-order chi connectivity index (χ1) is 14.5. The number of likely N-dealkylation sites (tertiary alicyclic amines) is 1. The summed E-state index contributed by atoms with van der Waals surface area (Å²) in [5, 5.41) is 3.15. The number of benzene rings is 2. The SMILES string of the molecule is CC1Oc2ccccc2N(CCC(=O)NC2CCN(C(C)c3ccccc3)C2)C1=O. The van der Waals surface area contributed by atoms with Crippen molar-refractivity contribution in [3.63, 3.8) is 0 Å². The van der Waals surface area contributed by atoms with Crippen molar-refractivity contribution in [3.05, 3.63) is 60.2 Å². The maximum Gasteiger partial charge on any atom is 0.267 e. The highest BCUT2D eigenvalue weighted by Gasteiger charge is 2.32. The van der Waals surface area contributed by atoms with Crippen molar-refractivity contribution in [2.24, 2.45) is 0 Å². The molecule has 0 aromatic heterocycles. The van der Waals surface area contributed by atoms with Gasteiger partial charge in [0.1, 0.15) is 5.75 Å². The molecule has 0 saturated carbocycles. The molecule has 0 radical (unpaired) electrons. The Balaban J connectivity index is 1.30. The van der Waals surface area contributed by atoms with Crippen LogP contribution >= 0.6 is 0 Å². The number of nitrogens with one attached hydrogen (secondary N) is 1. The van der Waals surface area contributed by atoms with Gasteiger partial charge in [-0.05, 0) is 38.0 Å². The predicted octanol–water partition coefficient (Wildman–Crippen LogP) is 3.14. The molecule has 2 heterocycles. The van der Waals surface area contributed by atoms with Crippen LogP contribution in [0, 0.1) is 0 Å². The lowest BCUT2D eigenvalue weighted by Gasteiger charge is -2.32. The average Bonchev–Trinajstić information content (AvgIpc) is 3.22. The van der Waals surface area contributed by atoms with Crippen LogP contribution in [0.3, 0.4) is 0 Å². The number of ether oxygens (including phenoxy) is 1. The lowest BCUT2D eigenvalue weighted by atomic mass is 10.1. The molecule has 1 saturated heterocycles. The quantitative estimate of drug-likeness (QED) is 0.799. The highest BCUT2D eigenvalue weighted by molar-refractivity contribution is 6.00. The molecule has 2 aliphatic rings. The largest absolute Gasteiger partial charge is 0.479 e. The van der Waals surface area contributed by atoms with E-state index in [1.165, 1.54) is 5.56 Å². The fraction of sp³-hybridized carbons (Fsp3) is 0.417. The third-order valence-corrected chi connectivity index (χ3v) is 6.05. The summed E-state index contributed by atoms with van der Waals surface area (Å²) in [6.07, 6.45) is 0.683. The molecule has 2 aromatic rings. The lowest BCUT2D eigenvalue weighted by molar-refractivity contribution is -0.125. The van der Waals surface area contributed by atoms with E-state index in [2.05, 4.69) is 41.4 Å². The zero-order valence-corrected chi connectivity index (χ0v) is 17.6. The summed E-state index contributed by atoms with van der Waals surface area (Å²) in [6, 6.07) is 18.4. The zero-order valence-electron chi connectivity index (χ0n) is 17.6. The van der Waals surface area contributed by atoms with E-state index in [-0.39, 0.29) is 24.3 Å². The van der Waals surface area contributed by atoms with Crippen molar-refractivity contribution < 1.29 is 14.3 Å². The van der Waals surface area contributed by atoms with Crippen LogP contribution < -0.4 is 15.0 Å². The molecule has 1 fully saturated rings. The minimum absolute atomic E-state index is 0.0151. The molecule has 3 unspecified atom stereocenters. The Kier molecular flexibility index (Phi) is 6.04. The minimum Gasteiger partial charge on any atom is -0.479 e. The second-order valence-electron chi connectivity index (χ2n) is 8.10. The van der Waals surface area contributed by atoms with Gasteiger partial charge < -0.3 is 15.0 Å². The van der Waals surface area contributed by atoms with Crippen LogP contribution in [-0.2, 0) is 9.59 Å². The second-order valence-corrected chi connectivity index (χ2v) is 8.10. The van der Waals surface area contributed by atoms with Gasteiger partial charge in [-0.1, -0.05) is 42.5 Å². The molecular weight excluding hydrogens is 378 g/mol. The molecule has 6 heteroatoms. The van der Waals surface area contributed by atoms with Gasteiger partial charge in [-0.25, -0.2) is 0 Å². The van der Waals surface area contributed by atoms with E-state index in [1.807, 2.05) is 30.3 Å². The van der Waals surface area contributed by atoms with Gasteiger partial charge in [0.15, 0.2) is 6.10 Å². The summed E-state index contributed by atoms with van der Waals surface area (Å²) in [5.74, 6) is 0.565. The monoisotopic (exact) mass is 407 g/mol. The van der Waals surface area contributed by atoms with Gasteiger partial charge >= 0.3 is 0 Å². The number of hydrogen-bond donors (Lipinski definition) is 1. The third kappa shape index (κ3) is 4.33. The minimum atomic E-state index is -0.536. The maximum absolute atomic E-state index is 12.6. The molecule has 0 spiro atoms. The Labute approximate surface area is 177 Å². The van der Waals surface area contributed by atoms with Crippen molar-refractivity contribution in [1.82, 2.24) is 10.2 Å². The van der Waals surface area contributed by atoms with E-state index in [4.69, 9.17) is 4.74 Å². The summed E-state index contributed by atoms with van der Waals surface area (Å²) in [5.41, 5.74) is 2.03. The molecule has 0 aliphatic carbocycles. The van der Waals surface area contributed by atoms with E-state index in [9.17, 15) is 9.59 Å². The van der Waals surface area contributed by atoms with Gasteiger partial charge in [0, 0.05) is 38.1 Å². The number of rotatable bonds is 6. The van der Waals surface area contributed by atoms with Gasteiger partial charge in [0.05, 0.1) is 5.69 Å². The van der Waals surface area contributed by atoms with Gasteiger partial charge in [0.25, 0.3) is 5.91 Å². The first kappa shape index (κ1) is 20.4. The highest BCUT2D eigenvalue weighted by atomic mass is 16.5. The van der Waals surface area contributed by atoms with E-state index >= 15 is 0 Å². The van der Waals surface area contributed by atoms with E-state index in [0.717, 1.165) is 25.2 Å². The van der Waals surface area contributed by atoms with Crippen LogP contribution in [0.4, 0.5) is 5.69 Å².